The molecule has 0 bridgehead atoms. The summed E-state index contributed by atoms with van der Waals surface area (Å²) in [4.78, 5) is 30.3. The van der Waals surface area contributed by atoms with Crippen LogP contribution in [-0.4, -0.2) is 43.6 Å². The number of carbonyl (C=O) groups is 2. The van der Waals surface area contributed by atoms with E-state index in [4.69, 9.17) is 15.2 Å². The SMILES string of the molecule is COc1cc(/C=C/C(=O)Nc2ccc(N3CCCC(C(N)=O)C3)nc2)ccc1OCC(C)C. The van der Waals surface area contributed by atoms with Gasteiger partial charge in [0.2, 0.25) is 11.8 Å². The first kappa shape index (κ1) is 24.1. The molecular formula is C25H32N4O4. The number of nitrogens with one attached hydrogen (secondary N) is 1. The van der Waals surface area contributed by atoms with E-state index in [1.165, 1.54) is 6.08 Å². The van der Waals surface area contributed by atoms with E-state index < -0.39 is 0 Å². The number of piperidine rings is 1. The number of nitrogens with two attached hydrogens (primary N) is 1. The number of nitrogens with zero attached hydrogens (tertiary/aromatic N) is 2. The van der Waals surface area contributed by atoms with Crippen LogP contribution in [-0.2, 0) is 9.59 Å². The Bertz CT molecular complexity index is 988. The van der Waals surface area contributed by atoms with Crippen molar-refractivity contribution in [1.29, 1.82) is 0 Å². The Morgan fingerprint density at radius 2 is 2.09 bits per heavy atom. The third-order valence-electron chi connectivity index (χ3n) is 5.35. The Balaban J connectivity index is 1.57. The molecule has 176 valence electrons. The molecule has 33 heavy (non-hydrogen) atoms. The van der Waals surface area contributed by atoms with Gasteiger partial charge in [-0.2, -0.15) is 0 Å². The molecule has 1 aromatic heterocycles. The lowest BCUT2D eigenvalue weighted by Crippen LogP contribution is -2.41. The van der Waals surface area contributed by atoms with E-state index in [-0.39, 0.29) is 17.7 Å². The third-order valence-corrected chi connectivity index (χ3v) is 5.35. The van der Waals surface area contributed by atoms with E-state index >= 15 is 0 Å². The van der Waals surface area contributed by atoms with Crippen LogP contribution in [0.5, 0.6) is 11.5 Å². The fourth-order valence-corrected chi connectivity index (χ4v) is 3.58. The second-order valence-electron chi connectivity index (χ2n) is 8.53. The van der Waals surface area contributed by atoms with Gasteiger partial charge in [0.15, 0.2) is 11.5 Å². The first-order chi connectivity index (χ1) is 15.9. The molecule has 0 radical (unpaired) electrons. The Labute approximate surface area is 194 Å². The van der Waals surface area contributed by atoms with Crippen molar-refractivity contribution in [3.05, 3.63) is 48.2 Å². The van der Waals surface area contributed by atoms with Crippen molar-refractivity contribution in [3.63, 3.8) is 0 Å². The molecular weight excluding hydrogens is 420 g/mol. The fourth-order valence-electron chi connectivity index (χ4n) is 3.58. The first-order valence-electron chi connectivity index (χ1n) is 11.2. The first-order valence-corrected chi connectivity index (χ1v) is 11.2. The average molecular weight is 453 g/mol. The maximum atomic E-state index is 12.3. The predicted molar refractivity (Wildman–Crippen MR) is 129 cm³/mol. The molecule has 0 spiro atoms. The highest BCUT2D eigenvalue weighted by Gasteiger charge is 2.24. The lowest BCUT2D eigenvalue weighted by atomic mass is 9.97. The van der Waals surface area contributed by atoms with Crippen molar-refractivity contribution in [2.45, 2.75) is 26.7 Å². The highest BCUT2D eigenvalue weighted by molar-refractivity contribution is 6.01. The zero-order chi connectivity index (χ0) is 23.8. The number of methoxy groups -OCH3 is 1. The van der Waals surface area contributed by atoms with E-state index in [9.17, 15) is 9.59 Å². The van der Waals surface area contributed by atoms with Crippen LogP contribution in [0.4, 0.5) is 11.5 Å². The monoisotopic (exact) mass is 452 g/mol. The van der Waals surface area contributed by atoms with Gasteiger partial charge in [-0.05, 0) is 54.7 Å². The number of primary amides is 1. The van der Waals surface area contributed by atoms with Crippen LogP contribution in [0.15, 0.2) is 42.6 Å². The number of benzene rings is 1. The Hall–Kier alpha value is -3.55. The van der Waals surface area contributed by atoms with Gasteiger partial charge in [0.1, 0.15) is 5.82 Å². The molecule has 2 aromatic rings. The second-order valence-corrected chi connectivity index (χ2v) is 8.53. The van der Waals surface area contributed by atoms with Gasteiger partial charge in [-0.15, -0.1) is 0 Å². The molecule has 1 aliphatic rings. The van der Waals surface area contributed by atoms with Gasteiger partial charge in [-0.25, -0.2) is 4.98 Å². The van der Waals surface area contributed by atoms with Gasteiger partial charge in [0.05, 0.1) is 31.5 Å². The van der Waals surface area contributed by atoms with Crippen LogP contribution >= 0.6 is 0 Å². The van der Waals surface area contributed by atoms with Crippen LogP contribution in [0, 0.1) is 11.8 Å². The lowest BCUT2D eigenvalue weighted by Gasteiger charge is -2.32. The van der Waals surface area contributed by atoms with Crippen molar-refractivity contribution in [1.82, 2.24) is 4.98 Å². The quantitative estimate of drug-likeness (QED) is 0.564. The molecule has 2 heterocycles. The zero-order valence-electron chi connectivity index (χ0n) is 19.4. The van der Waals surface area contributed by atoms with E-state index in [0.717, 1.165) is 30.8 Å². The number of aromatic nitrogens is 1. The number of amides is 2. The molecule has 1 atom stereocenters. The summed E-state index contributed by atoms with van der Waals surface area (Å²) in [6.07, 6.45) is 6.49. The van der Waals surface area contributed by atoms with Gasteiger partial charge < -0.3 is 25.4 Å². The standard InChI is InChI=1S/C25H32N4O4/c1-17(2)16-33-21-9-6-18(13-22(21)32-3)7-11-24(30)28-20-8-10-23(27-14-20)29-12-4-5-19(15-29)25(26)31/h6-11,13-14,17,19H,4-5,12,15-16H2,1-3H3,(H2,26,31)(H,28,30)/b11-7+. The molecule has 1 saturated heterocycles. The van der Waals surface area contributed by atoms with Crippen molar-refractivity contribution < 1.29 is 19.1 Å². The summed E-state index contributed by atoms with van der Waals surface area (Å²) in [7, 11) is 1.59. The molecule has 8 heteroatoms. The fraction of sp³-hybridized carbons (Fsp3) is 0.400. The predicted octanol–water partition coefficient (Wildman–Crippen LogP) is 3.48. The van der Waals surface area contributed by atoms with E-state index in [1.807, 2.05) is 29.2 Å². The molecule has 1 aliphatic heterocycles. The van der Waals surface area contributed by atoms with Crippen LogP contribution < -0.4 is 25.4 Å². The summed E-state index contributed by atoms with van der Waals surface area (Å²) in [6.45, 7) is 6.16. The summed E-state index contributed by atoms with van der Waals surface area (Å²) in [6, 6.07) is 9.17. The molecule has 0 aliphatic carbocycles. The van der Waals surface area contributed by atoms with Gasteiger partial charge in [0.25, 0.3) is 0 Å². The number of hydrogen-bond acceptors (Lipinski definition) is 6. The largest absolute Gasteiger partial charge is 0.493 e. The molecule has 0 saturated carbocycles. The van der Waals surface area contributed by atoms with Gasteiger partial charge >= 0.3 is 0 Å². The van der Waals surface area contributed by atoms with Crippen molar-refractivity contribution in [2.75, 3.05) is 37.0 Å². The minimum absolute atomic E-state index is 0.153. The van der Waals surface area contributed by atoms with E-state index in [2.05, 4.69) is 24.1 Å². The van der Waals surface area contributed by atoms with Crippen LogP contribution in [0.25, 0.3) is 6.08 Å². The van der Waals surface area contributed by atoms with Crippen LogP contribution in [0.3, 0.4) is 0 Å². The Kier molecular flexibility index (Phi) is 8.29. The van der Waals surface area contributed by atoms with Crippen LogP contribution in [0.2, 0.25) is 0 Å². The average Bonchev–Trinajstić information content (AvgIpc) is 2.82. The number of ether oxygens (including phenoxy) is 2. The summed E-state index contributed by atoms with van der Waals surface area (Å²) >= 11 is 0. The molecule has 3 N–H and O–H groups in total. The summed E-state index contributed by atoms with van der Waals surface area (Å²) in [5.41, 5.74) is 6.86. The minimum Gasteiger partial charge on any atom is -0.493 e. The molecule has 1 aromatic carbocycles. The van der Waals surface area contributed by atoms with E-state index in [0.29, 0.717) is 36.3 Å². The summed E-state index contributed by atoms with van der Waals surface area (Å²) in [5.74, 6) is 1.78. The Morgan fingerprint density at radius 1 is 1.27 bits per heavy atom. The van der Waals surface area contributed by atoms with Crippen LogP contribution in [0.1, 0.15) is 32.3 Å². The smallest absolute Gasteiger partial charge is 0.248 e. The van der Waals surface area contributed by atoms with Gasteiger partial charge in [-0.3, -0.25) is 9.59 Å². The second kappa shape index (κ2) is 11.4. The number of hydrogen-bond donors (Lipinski definition) is 2. The number of pyridine rings is 1. The number of carbonyl (C=O) groups excluding carboxylic acids is 2. The Morgan fingerprint density at radius 3 is 2.76 bits per heavy atom. The van der Waals surface area contributed by atoms with Crippen molar-refractivity contribution >= 4 is 29.4 Å². The van der Waals surface area contributed by atoms with Gasteiger partial charge in [0, 0.05) is 19.2 Å². The normalized spacial score (nSPS) is 16.1. The maximum absolute atomic E-state index is 12.3. The summed E-state index contributed by atoms with van der Waals surface area (Å²) < 4.78 is 11.2. The molecule has 3 rings (SSSR count). The topological polar surface area (TPSA) is 107 Å². The number of anilines is 2. The third kappa shape index (κ3) is 6.97. The molecule has 8 nitrogen and oxygen atoms in total. The molecule has 2 amide bonds. The van der Waals surface area contributed by atoms with E-state index in [1.54, 1.807) is 25.4 Å². The summed E-state index contributed by atoms with van der Waals surface area (Å²) in [5, 5.41) is 2.81. The maximum Gasteiger partial charge on any atom is 0.248 e. The highest BCUT2D eigenvalue weighted by Crippen LogP contribution is 2.29. The molecule has 1 fully saturated rings. The van der Waals surface area contributed by atoms with Gasteiger partial charge in [-0.1, -0.05) is 19.9 Å². The zero-order valence-corrected chi connectivity index (χ0v) is 19.4. The highest BCUT2D eigenvalue weighted by atomic mass is 16.5. The lowest BCUT2D eigenvalue weighted by molar-refractivity contribution is -0.122. The van der Waals surface area contributed by atoms with Crippen molar-refractivity contribution in [3.8, 4) is 11.5 Å². The van der Waals surface area contributed by atoms with Crippen molar-refractivity contribution in [2.24, 2.45) is 17.6 Å². The minimum atomic E-state index is -0.272. The molecule has 1 unspecified atom stereocenters. The number of rotatable bonds is 9.